The number of anilines is 2. The van der Waals surface area contributed by atoms with Crippen LogP contribution in [0.5, 0.6) is 5.75 Å². The first kappa shape index (κ1) is 13.4. The summed E-state index contributed by atoms with van der Waals surface area (Å²) in [6.45, 7) is 1.23. The van der Waals surface area contributed by atoms with Crippen LogP contribution in [0.4, 0.5) is 11.4 Å². The Bertz CT molecular complexity index is 653. The summed E-state index contributed by atoms with van der Waals surface area (Å²) in [7, 11) is 0. The first-order valence-electron chi connectivity index (χ1n) is 6.67. The highest BCUT2D eigenvalue weighted by molar-refractivity contribution is 5.96. The summed E-state index contributed by atoms with van der Waals surface area (Å²) in [4.78, 5) is 11.3. The minimum atomic E-state index is -0.148. The Balaban J connectivity index is 1.65. The summed E-state index contributed by atoms with van der Waals surface area (Å²) >= 11 is 0. The number of aromatic nitrogens is 2. The standard InChI is InChI=1S/C14H16N4O3/c19-4-3-18-8-10(7-16-18)6-15-11-1-2-13-12(5-11)17-14(20)9-21-13/h1-2,5,7-8,15,19H,3-4,6,9H2,(H,17,20). The van der Waals surface area contributed by atoms with E-state index in [1.54, 1.807) is 10.9 Å². The second kappa shape index (κ2) is 5.84. The molecule has 110 valence electrons. The molecule has 7 nitrogen and oxygen atoms in total. The van der Waals surface area contributed by atoms with E-state index in [2.05, 4.69) is 15.7 Å². The number of benzene rings is 1. The van der Waals surface area contributed by atoms with Crippen molar-refractivity contribution in [2.45, 2.75) is 13.1 Å². The van der Waals surface area contributed by atoms with Crippen LogP contribution in [-0.2, 0) is 17.9 Å². The van der Waals surface area contributed by atoms with E-state index < -0.39 is 0 Å². The number of hydrogen-bond donors (Lipinski definition) is 3. The van der Waals surface area contributed by atoms with Crippen molar-refractivity contribution in [3.05, 3.63) is 36.2 Å². The second-order valence-corrected chi connectivity index (χ2v) is 4.74. The zero-order chi connectivity index (χ0) is 14.7. The monoisotopic (exact) mass is 288 g/mol. The molecule has 0 unspecified atom stereocenters. The third-order valence-electron chi connectivity index (χ3n) is 3.12. The Morgan fingerprint density at radius 2 is 2.38 bits per heavy atom. The molecule has 3 N–H and O–H groups in total. The third kappa shape index (κ3) is 3.14. The molecule has 1 aliphatic rings. The maximum absolute atomic E-state index is 11.3. The minimum absolute atomic E-state index is 0.0593. The van der Waals surface area contributed by atoms with Crippen LogP contribution in [0.25, 0.3) is 0 Å². The van der Waals surface area contributed by atoms with Gasteiger partial charge in [0.05, 0.1) is 25.0 Å². The molecule has 3 rings (SSSR count). The molecule has 0 spiro atoms. The predicted octanol–water partition coefficient (Wildman–Crippen LogP) is 0.818. The molecule has 1 aromatic carbocycles. The topological polar surface area (TPSA) is 88.4 Å². The zero-order valence-electron chi connectivity index (χ0n) is 11.4. The summed E-state index contributed by atoms with van der Waals surface area (Å²) in [6.07, 6.45) is 3.64. The molecular formula is C14H16N4O3. The fraction of sp³-hybridized carbons (Fsp3) is 0.286. The summed E-state index contributed by atoms with van der Waals surface area (Å²) in [5, 5.41) is 19.0. The normalized spacial score (nSPS) is 13.3. The number of fused-ring (bicyclic) bond motifs is 1. The summed E-state index contributed by atoms with van der Waals surface area (Å²) < 4.78 is 7.00. The minimum Gasteiger partial charge on any atom is -0.482 e. The molecule has 0 atom stereocenters. The van der Waals surface area contributed by atoms with Crippen molar-refractivity contribution in [1.82, 2.24) is 9.78 Å². The van der Waals surface area contributed by atoms with Crippen molar-refractivity contribution in [3.63, 3.8) is 0 Å². The van der Waals surface area contributed by atoms with Gasteiger partial charge in [0, 0.05) is 24.0 Å². The van der Waals surface area contributed by atoms with Gasteiger partial charge in [-0.15, -0.1) is 0 Å². The average molecular weight is 288 g/mol. The molecule has 0 saturated carbocycles. The summed E-state index contributed by atoms with van der Waals surface area (Å²) in [6, 6.07) is 5.56. The largest absolute Gasteiger partial charge is 0.482 e. The molecule has 0 saturated heterocycles. The van der Waals surface area contributed by atoms with Crippen molar-refractivity contribution in [1.29, 1.82) is 0 Å². The maximum atomic E-state index is 11.3. The number of nitrogens with zero attached hydrogens (tertiary/aromatic N) is 2. The Morgan fingerprint density at radius 1 is 1.48 bits per heavy atom. The molecule has 1 aromatic heterocycles. The molecule has 1 amide bonds. The molecular weight excluding hydrogens is 272 g/mol. The highest BCUT2D eigenvalue weighted by Crippen LogP contribution is 2.30. The quantitative estimate of drug-likeness (QED) is 0.758. The molecule has 2 heterocycles. The van der Waals surface area contributed by atoms with E-state index >= 15 is 0 Å². The van der Waals surface area contributed by atoms with Gasteiger partial charge in [-0.05, 0) is 18.2 Å². The van der Waals surface area contributed by atoms with Crippen LogP contribution < -0.4 is 15.4 Å². The Hall–Kier alpha value is -2.54. The first-order valence-corrected chi connectivity index (χ1v) is 6.67. The van der Waals surface area contributed by atoms with E-state index in [-0.39, 0.29) is 19.1 Å². The number of nitrogens with one attached hydrogen (secondary N) is 2. The molecule has 0 aliphatic carbocycles. The van der Waals surface area contributed by atoms with Crippen LogP contribution in [0, 0.1) is 0 Å². The van der Waals surface area contributed by atoms with E-state index in [0.717, 1.165) is 11.3 Å². The van der Waals surface area contributed by atoms with Gasteiger partial charge in [-0.1, -0.05) is 0 Å². The van der Waals surface area contributed by atoms with Gasteiger partial charge in [0.25, 0.3) is 5.91 Å². The van der Waals surface area contributed by atoms with Gasteiger partial charge in [-0.2, -0.15) is 5.10 Å². The Kier molecular flexibility index (Phi) is 3.74. The molecule has 7 heteroatoms. The van der Waals surface area contributed by atoms with Crippen LogP contribution in [0.1, 0.15) is 5.56 Å². The van der Waals surface area contributed by atoms with E-state index in [9.17, 15) is 4.79 Å². The Labute approximate surface area is 121 Å². The number of aliphatic hydroxyl groups excluding tert-OH is 1. The lowest BCUT2D eigenvalue weighted by atomic mass is 10.2. The number of carbonyl (C=O) groups is 1. The van der Waals surface area contributed by atoms with Gasteiger partial charge in [0.15, 0.2) is 6.61 Å². The number of rotatable bonds is 5. The average Bonchev–Trinajstić information content (AvgIpc) is 2.93. The number of hydrogen-bond acceptors (Lipinski definition) is 5. The molecule has 2 aromatic rings. The zero-order valence-corrected chi connectivity index (χ0v) is 11.4. The lowest BCUT2D eigenvalue weighted by Gasteiger charge is -2.18. The van der Waals surface area contributed by atoms with E-state index in [0.29, 0.717) is 24.5 Å². The maximum Gasteiger partial charge on any atom is 0.262 e. The lowest BCUT2D eigenvalue weighted by molar-refractivity contribution is -0.118. The van der Waals surface area contributed by atoms with Crippen LogP contribution in [-0.4, -0.2) is 34.0 Å². The van der Waals surface area contributed by atoms with Gasteiger partial charge in [-0.25, -0.2) is 0 Å². The molecule has 1 aliphatic heterocycles. The van der Waals surface area contributed by atoms with Gasteiger partial charge in [0.1, 0.15) is 5.75 Å². The summed E-state index contributed by atoms with van der Waals surface area (Å²) in [5.41, 5.74) is 2.57. The highest BCUT2D eigenvalue weighted by Gasteiger charge is 2.15. The van der Waals surface area contributed by atoms with Gasteiger partial charge in [0.2, 0.25) is 0 Å². The van der Waals surface area contributed by atoms with Crippen molar-refractivity contribution < 1.29 is 14.6 Å². The fourth-order valence-electron chi connectivity index (χ4n) is 2.12. The predicted molar refractivity (Wildman–Crippen MR) is 77.2 cm³/mol. The van der Waals surface area contributed by atoms with Crippen molar-refractivity contribution in [2.24, 2.45) is 0 Å². The van der Waals surface area contributed by atoms with Crippen LogP contribution >= 0.6 is 0 Å². The molecule has 0 bridgehead atoms. The van der Waals surface area contributed by atoms with Gasteiger partial charge >= 0.3 is 0 Å². The molecule has 21 heavy (non-hydrogen) atoms. The third-order valence-corrected chi connectivity index (χ3v) is 3.12. The SMILES string of the molecule is O=C1COc2ccc(NCc3cnn(CCO)c3)cc2N1. The number of amides is 1. The second-order valence-electron chi connectivity index (χ2n) is 4.74. The van der Waals surface area contributed by atoms with Crippen LogP contribution in [0.3, 0.4) is 0 Å². The molecule has 0 radical (unpaired) electrons. The van der Waals surface area contributed by atoms with Crippen molar-refractivity contribution in [2.75, 3.05) is 23.8 Å². The summed E-state index contributed by atoms with van der Waals surface area (Å²) in [5.74, 6) is 0.529. The van der Waals surface area contributed by atoms with Gasteiger partial charge in [-0.3, -0.25) is 9.48 Å². The van der Waals surface area contributed by atoms with Crippen molar-refractivity contribution in [3.8, 4) is 5.75 Å². The number of ether oxygens (including phenoxy) is 1. The molecule has 0 fully saturated rings. The number of carbonyl (C=O) groups excluding carboxylic acids is 1. The van der Waals surface area contributed by atoms with Gasteiger partial charge < -0.3 is 20.5 Å². The lowest BCUT2D eigenvalue weighted by Crippen LogP contribution is -2.25. The van der Waals surface area contributed by atoms with E-state index in [4.69, 9.17) is 9.84 Å². The van der Waals surface area contributed by atoms with Crippen molar-refractivity contribution >= 4 is 17.3 Å². The smallest absolute Gasteiger partial charge is 0.262 e. The van der Waals surface area contributed by atoms with E-state index in [1.165, 1.54) is 0 Å². The van der Waals surface area contributed by atoms with Crippen LogP contribution in [0.15, 0.2) is 30.6 Å². The first-order chi connectivity index (χ1) is 10.2. The highest BCUT2D eigenvalue weighted by atomic mass is 16.5. The number of aliphatic hydroxyl groups is 1. The van der Waals surface area contributed by atoms with Crippen LogP contribution in [0.2, 0.25) is 0 Å². The fourth-order valence-corrected chi connectivity index (χ4v) is 2.12. The van der Waals surface area contributed by atoms with E-state index in [1.807, 2.05) is 24.4 Å². The Morgan fingerprint density at radius 3 is 3.24 bits per heavy atom.